The molecule has 1 N–H and O–H groups in total. The number of halogens is 1. The van der Waals surface area contributed by atoms with Crippen LogP contribution in [0.4, 0.5) is 5.69 Å². The van der Waals surface area contributed by atoms with Gasteiger partial charge in [0.05, 0.1) is 10.6 Å². The van der Waals surface area contributed by atoms with Crippen molar-refractivity contribution in [1.82, 2.24) is 24.7 Å². The monoisotopic (exact) mass is 392 g/mol. The van der Waals surface area contributed by atoms with Crippen LogP contribution in [0.25, 0.3) is 4.96 Å². The first kappa shape index (κ1) is 18.3. The molecule has 0 radical (unpaired) electrons. The highest BCUT2D eigenvalue weighted by Crippen LogP contribution is 2.22. The fourth-order valence-corrected chi connectivity index (χ4v) is 3.45. The highest BCUT2D eigenvalue weighted by atomic mass is 35.5. The van der Waals surface area contributed by atoms with E-state index in [2.05, 4.69) is 20.6 Å². The smallest absolute Gasteiger partial charge is 0.254 e. The molecule has 0 spiro atoms. The molecule has 1 aromatic carbocycles. The molecule has 8 nitrogen and oxygen atoms in total. The van der Waals surface area contributed by atoms with E-state index in [1.54, 1.807) is 36.8 Å². The third-order valence-electron chi connectivity index (χ3n) is 3.64. The van der Waals surface area contributed by atoms with Crippen LogP contribution in [0.3, 0.4) is 0 Å². The van der Waals surface area contributed by atoms with Crippen LogP contribution in [0.2, 0.25) is 5.02 Å². The van der Waals surface area contributed by atoms with Gasteiger partial charge in [-0.25, -0.2) is 0 Å². The minimum absolute atomic E-state index is 0.157. The van der Waals surface area contributed by atoms with Crippen molar-refractivity contribution in [2.45, 2.75) is 19.8 Å². The molecule has 0 unspecified atom stereocenters. The van der Waals surface area contributed by atoms with Gasteiger partial charge in [0, 0.05) is 32.6 Å². The number of aromatic nitrogens is 4. The zero-order valence-electron chi connectivity index (χ0n) is 14.5. The number of hydrogen-bond donors (Lipinski definition) is 1. The Bertz CT molecular complexity index is 980. The highest BCUT2D eigenvalue weighted by Gasteiger charge is 2.14. The van der Waals surface area contributed by atoms with Gasteiger partial charge in [-0.1, -0.05) is 22.9 Å². The molecule has 0 fully saturated rings. The van der Waals surface area contributed by atoms with Crippen LogP contribution in [0.15, 0.2) is 18.2 Å². The number of fused-ring (bicyclic) bond motifs is 1. The van der Waals surface area contributed by atoms with Crippen molar-refractivity contribution < 1.29 is 9.59 Å². The Hall–Kier alpha value is -2.52. The largest absolute Gasteiger partial charge is 0.345 e. The second kappa shape index (κ2) is 7.38. The van der Waals surface area contributed by atoms with Gasteiger partial charge in [-0.3, -0.25) is 9.59 Å². The van der Waals surface area contributed by atoms with Crippen molar-refractivity contribution in [3.63, 3.8) is 0 Å². The SMILES string of the molecule is Cc1nnc2sc(CCC(=O)Nc3ccc(C(=O)N(C)C)c(Cl)c3)nn12. The zero-order valence-corrected chi connectivity index (χ0v) is 16.1. The Morgan fingerprint density at radius 3 is 2.73 bits per heavy atom. The van der Waals surface area contributed by atoms with Gasteiger partial charge in [0.15, 0.2) is 5.82 Å². The van der Waals surface area contributed by atoms with Gasteiger partial charge in [0.2, 0.25) is 10.9 Å². The standard InChI is InChI=1S/C16H17ClN6O2S/c1-9-19-20-16-23(9)21-14(26-16)7-6-13(24)18-10-4-5-11(12(17)8-10)15(25)22(2)3/h4-5,8H,6-7H2,1-3H3,(H,18,24). The number of hydrogen-bond acceptors (Lipinski definition) is 6. The molecule has 0 saturated carbocycles. The summed E-state index contributed by atoms with van der Waals surface area (Å²) in [6.45, 7) is 1.82. The van der Waals surface area contributed by atoms with Crippen molar-refractivity contribution in [2.75, 3.05) is 19.4 Å². The lowest BCUT2D eigenvalue weighted by Crippen LogP contribution is -2.22. The molecule has 0 aliphatic heterocycles. The summed E-state index contributed by atoms with van der Waals surface area (Å²) < 4.78 is 1.66. The number of carbonyl (C=O) groups is 2. The summed E-state index contributed by atoms with van der Waals surface area (Å²) in [5.74, 6) is 0.371. The highest BCUT2D eigenvalue weighted by molar-refractivity contribution is 7.16. The van der Waals surface area contributed by atoms with Crippen LogP contribution in [0.5, 0.6) is 0 Å². The molecule has 26 heavy (non-hydrogen) atoms. The molecule has 0 saturated heterocycles. The van der Waals surface area contributed by atoms with Gasteiger partial charge >= 0.3 is 0 Å². The van der Waals surface area contributed by atoms with Crippen LogP contribution >= 0.6 is 22.9 Å². The number of nitrogens with one attached hydrogen (secondary N) is 1. The molecule has 2 aromatic heterocycles. The third kappa shape index (κ3) is 3.83. The summed E-state index contributed by atoms with van der Waals surface area (Å²) >= 11 is 7.56. The van der Waals surface area contributed by atoms with Gasteiger partial charge < -0.3 is 10.2 Å². The molecule has 0 atom stereocenters. The van der Waals surface area contributed by atoms with Crippen molar-refractivity contribution in [3.05, 3.63) is 39.6 Å². The number of benzene rings is 1. The van der Waals surface area contributed by atoms with Crippen molar-refractivity contribution >= 4 is 45.4 Å². The van der Waals surface area contributed by atoms with E-state index in [1.807, 2.05) is 6.92 Å². The number of carbonyl (C=O) groups excluding carboxylic acids is 2. The Morgan fingerprint density at radius 1 is 1.31 bits per heavy atom. The Labute approximate surface area is 158 Å². The Kier molecular flexibility index (Phi) is 5.19. The van der Waals surface area contributed by atoms with Crippen molar-refractivity contribution in [1.29, 1.82) is 0 Å². The molecule has 2 amide bonds. The van der Waals surface area contributed by atoms with Crippen LogP contribution in [0, 0.1) is 6.92 Å². The third-order valence-corrected chi connectivity index (χ3v) is 4.92. The maximum atomic E-state index is 12.2. The van der Waals surface area contributed by atoms with Gasteiger partial charge in [0.1, 0.15) is 5.01 Å². The lowest BCUT2D eigenvalue weighted by molar-refractivity contribution is -0.116. The van der Waals surface area contributed by atoms with Gasteiger partial charge in [-0.15, -0.1) is 10.2 Å². The molecule has 136 valence electrons. The summed E-state index contributed by atoms with van der Waals surface area (Å²) in [5.41, 5.74) is 0.939. The average molecular weight is 393 g/mol. The van der Waals surface area contributed by atoms with Gasteiger partial charge in [-0.05, 0) is 25.1 Å². The van der Waals surface area contributed by atoms with Crippen molar-refractivity contribution in [3.8, 4) is 0 Å². The second-order valence-electron chi connectivity index (χ2n) is 5.88. The summed E-state index contributed by atoms with van der Waals surface area (Å²) in [7, 11) is 3.31. The fraction of sp³-hybridized carbons (Fsp3) is 0.312. The summed E-state index contributed by atoms with van der Waals surface area (Å²) in [5, 5.41) is 16.2. The van der Waals surface area contributed by atoms with E-state index in [9.17, 15) is 9.59 Å². The molecule has 3 aromatic rings. The van der Waals surface area contributed by atoms with E-state index in [0.717, 1.165) is 5.01 Å². The normalized spacial score (nSPS) is 10.9. The maximum absolute atomic E-state index is 12.2. The lowest BCUT2D eigenvalue weighted by atomic mass is 10.1. The first-order valence-electron chi connectivity index (χ1n) is 7.84. The average Bonchev–Trinajstić information content (AvgIpc) is 3.14. The topological polar surface area (TPSA) is 92.5 Å². The molecular formula is C16H17ClN6O2S. The van der Waals surface area contributed by atoms with E-state index < -0.39 is 0 Å². The quantitative estimate of drug-likeness (QED) is 0.719. The number of rotatable bonds is 5. The zero-order chi connectivity index (χ0) is 18.8. The minimum atomic E-state index is -0.188. The number of amides is 2. The first-order valence-corrected chi connectivity index (χ1v) is 9.03. The summed E-state index contributed by atoms with van der Waals surface area (Å²) in [4.78, 5) is 26.3. The number of anilines is 1. The second-order valence-corrected chi connectivity index (χ2v) is 7.33. The fourth-order valence-electron chi connectivity index (χ4n) is 2.31. The van der Waals surface area contributed by atoms with Gasteiger partial charge in [-0.2, -0.15) is 9.61 Å². The molecule has 2 heterocycles. The number of aryl methyl sites for hydroxylation is 2. The van der Waals surface area contributed by atoms with E-state index >= 15 is 0 Å². The van der Waals surface area contributed by atoms with E-state index in [0.29, 0.717) is 33.5 Å². The Morgan fingerprint density at radius 2 is 2.08 bits per heavy atom. The number of nitrogens with zero attached hydrogens (tertiary/aromatic N) is 5. The van der Waals surface area contributed by atoms with E-state index in [-0.39, 0.29) is 18.2 Å². The molecule has 0 aliphatic rings. The molecule has 3 rings (SSSR count). The van der Waals surface area contributed by atoms with Crippen LogP contribution in [-0.4, -0.2) is 50.6 Å². The van der Waals surface area contributed by atoms with E-state index in [1.165, 1.54) is 16.2 Å². The maximum Gasteiger partial charge on any atom is 0.254 e. The van der Waals surface area contributed by atoms with Crippen LogP contribution in [-0.2, 0) is 11.2 Å². The summed E-state index contributed by atoms with van der Waals surface area (Å²) in [6, 6.07) is 4.83. The van der Waals surface area contributed by atoms with E-state index in [4.69, 9.17) is 11.6 Å². The first-order chi connectivity index (χ1) is 12.3. The predicted molar refractivity (Wildman–Crippen MR) is 99.8 cm³/mol. The molecule has 10 heteroatoms. The van der Waals surface area contributed by atoms with Crippen molar-refractivity contribution in [2.24, 2.45) is 0 Å². The molecular weight excluding hydrogens is 376 g/mol. The van der Waals surface area contributed by atoms with Crippen LogP contribution in [0.1, 0.15) is 27.6 Å². The Balaban J connectivity index is 1.60. The molecule has 0 aliphatic carbocycles. The predicted octanol–water partition coefficient (Wildman–Crippen LogP) is 2.42. The summed E-state index contributed by atoms with van der Waals surface area (Å²) in [6.07, 6.45) is 0.781. The van der Waals surface area contributed by atoms with Gasteiger partial charge in [0.25, 0.3) is 5.91 Å². The minimum Gasteiger partial charge on any atom is -0.345 e. The van der Waals surface area contributed by atoms with Crippen LogP contribution < -0.4 is 5.32 Å². The molecule has 0 bridgehead atoms. The lowest BCUT2D eigenvalue weighted by Gasteiger charge is -2.12.